The Hall–Kier alpha value is -0.410. The molecule has 0 N–H and O–H groups in total. The van der Waals surface area contributed by atoms with Gasteiger partial charge in [-0.3, -0.25) is 4.98 Å². The van der Waals surface area contributed by atoms with Gasteiger partial charge in [0.2, 0.25) is 0 Å². The van der Waals surface area contributed by atoms with Crippen LogP contribution in [0.15, 0.2) is 18.5 Å². The van der Waals surface area contributed by atoms with E-state index in [4.69, 9.17) is 11.6 Å². The Kier molecular flexibility index (Phi) is 3.76. The minimum absolute atomic E-state index is 0.535. The topological polar surface area (TPSA) is 16.1 Å². The van der Waals surface area contributed by atoms with Crippen molar-refractivity contribution in [2.24, 2.45) is 0 Å². The molecule has 0 radical (unpaired) electrons. The molecule has 1 aliphatic rings. The molecule has 2 nitrogen and oxygen atoms in total. The van der Waals surface area contributed by atoms with Gasteiger partial charge in [0.15, 0.2) is 0 Å². The van der Waals surface area contributed by atoms with Crippen molar-refractivity contribution >= 4 is 29.1 Å². The summed E-state index contributed by atoms with van der Waals surface area (Å²) in [5, 5.41) is 0. The molecule has 0 amide bonds. The van der Waals surface area contributed by atoms with E-state index in [0.29, 0.717) is 11.9 Å². The lowest BCUT2D eigenvalue weighted by atomic mass is 10.1. The first kappa shape index (κ1) is 11.1. The van der Waals surface area contributed by atoms with Gasteiger partial charge < -0.3 is 4.90 Å². The van der Waals surface area contributed by atoms with Crippen LogP contribution >= 0.6 is 23.4 Å². The number of hydrogen-bond donors (Lipinski definition) is 0. The number of hydrogen-bond acceptors (Lipinski definition) is 3. The van der Waals surface area contributed by atoms with Crippen molar-refractivity contribution in [1.82, 2.24) is 4.98 Å². The van der Waals surface area contributed by atoms with Gasteiger partial charge in [-0.25, -0.2) is 0 Å². The Morgan fingerprint density at radius 3 is 3.20 bits per heavy atom. The molecular formula is C11H15ClN2S. The van der Waals surface area contributed by atoms with E-state index in [2.05, 4.69) is 23.0 Å². The highest BCUT2D eigenvalue weighted by Crippen LogP contribution is 2.28. The normalized spacial score (nSPS) is 20.5. The van der Waals surface area contributed by atoms with Gasteiger partial charge in [-0.15, -0.1) is 11.6 Å². The minimum Gasteiger partial charge on any atom is -0.370 e. The van der Waals surface area contributed by atoms with Gasteiger partial charge in [0.1, 0.15) is 0 Å². The molecule has 0 aromatic carbocycles. The van der Waals surface area contributed by atoms with Crippen LogP contribution < -0.4 is 4.90 Å². The molecule has 1 aromatic rings. The molecule has 1 saturated heterocycles. The molecule has 0 spiro atoms. The zero-order valence-electron chi connectivity index (χ0n) is 8.82. The Labute approximate surface area is 100 Å². The summed E-state index contributed by atoms with van der Waals surface area (Å²) in [6.45, 7) is 0. The van der Waals surface area contributed by atoms with Crippen LogP contribution in [0.5, 0.6) is 0 Å². The lowest BCUT2D eigenvalue weighted by Gasteiger charge is -2.27. The van der Waals surface area contributed by atoms with Gasteiger partial charge in [0.25, 0.3) is 0 Å². The maximum Gasteiger partial charge on any atom is 0.0509 e. The maximum absolute atomic E-state index is 5.91. The monoisotopic (exact) mass is 242 g/mol. The highest BCUT2D eigenvalue weighted by molar-refractivity contribution is 7.99. The van der Waals surface area contributed by atoms with Crippen LogP contribution in [0.1, 0.15) is 12.0 Å². The van der Waals surface area contributed by atoms with Gasteiger partial charge in [-0.05, 0) is 18.2 Å². The number of thioether (sulfide) groups is 1. The second kappa shape index (κ2) is 5.08. The third kappa shape index (κ3) is 2.40. The first-order chi connectivity index (χ1) is 7.33. The zero-order chi connectivity index (χ0) is 10.7. The molecule has 0 saturated carbocycles. The summed E-state index contributed by atoms with van der Waals surface area (Å²) in [4.78, 5) is 6.46. The predicted molar refractivity (Wildman–Crippen MR) is 67.9 cm³/mol. The molecule has 1 fully saturated rings. The smallest absolute Gasteiger partial charge is 0.0509 e. The molecular weight excluding hydrogens is 228 g/mol. The van der Waals surface area contributed by atoms with E-state index in [1.807, 2.05) is 24.2 Å². The van der Waals surface area contributed by atoms with Crippen molar-refractivity contribution in [2.45, 2.75) is 18.3 Å². The molecule has 1 aromatic heterocycles. The largest absolute Gasteiger partial charge is 0.370 e. The average Bonchev–Trinajstić information content (AvgIpc) is 2.81. The number of halogens is 1. The zero-order valence-corrected chi connectivity index (χ0v) is 10.4. The number of alkyl halides is 1. The highest BCUT2D eigenvalue weighted by atomic mass is 35.5. The van der Waals surface area contributed by atoms with Crippen LogP contribution in [0.4, 0.5) is 5.69 Å². The van der Waals surface area contributed by atoms with Crippen molar-refractivity contribution in [3.05, 3.63) is 24.0 Å². The first-order valence-electron chi connectivity index (χ1n) is 5.12. The van der Waals surface area contributed by atoms with E-state index in [0.717, 1.165) is 5.56 Å². The van der Waals surface area contributed by atoms with Crippen LogP contribution in [-0.4, -0.2) is 29.6 Å². The second-order valence-electron chi connectivity index (χ2n) is 3.77. The summed E-state index contributed by atoms with van der Waals surface area (Å²) in [5.74, 6) is 3.03. The number of pyridine rings is 1. The fourth-order valence-corrected chi connectivity index (χ4v) is 3.36. The van der Waals surface area contributed by atoms with Crippen molar-refractivity contribution in [1.29, 1.82) is 0 Å². The molecule has 2 heterocycles. The molecule has 4 heteroatoms. The summed E-state index contributed by atoms with van der Waals surface area (Å²) in [7, 11) is 2.15. The third-order valence-electron chi connectivity index (χ3n) is 2.86. The van der Waals surface area contributed by atoms with E-state index < -0.39 is 0 Å². The lowest BCUT2D eigenvalue weighted by molar-refractivity contribution is 0.697. The van der Waals surface area contributed by atoms with Gasteiger partial charge in [-0.1, -0.05) is 0 Å². The van der Waals surface area contributed by atoms with Gasteiger partial charge in [0, 0.05) is 42.5 Å². The highest BCUT2D eigenvalue weighted by Gasteiger charge is 2.21. The summed E-state index contributed by atoms with van der Waals surface area (Å²) in [6.07, 6.45) is 4.97. The quantitative estimate of drug-likeness (QED) is 0.759. The lowest BCUT2D eigenvalue weighted by Crippen LogP contribution is -2.31. The van der Waals surface area contributed by atoms with Crippen LogP contribution in [-0.2, 0) is 5.88 Å². The van der Waals surface area contributed by atoms with E-state index in [1.54, 1.807) is 0 Å². The maximum atomic E-state index is 5.91. The third-order valence-corrected chi connectivity index (χ3v) is 4.29. The molecule has 1 atom stereocenters. The first-order valence-corrected chi connectivity index (χ1v) is 6.81. The van der Waals surface area contributed by atoms with E-state index >= 15 is 0 Å². The molecule has 82 valence electrons. The standard InChI is InChI=1S/C11H15ClN2S/c1-14(10-3-5-15-8-10)11-2-4-13-7-9(11)6-12/h2,4,7,10H,3,5-6,8H2,1H3. The van der Waals surface area contributed by atoms with Crippen LogP contribution in [0.3, 0.4) is 0 Å². The predicted octanol–water partition coefficient (Wildman–Crippen LogP) is 2.76. The number of rotatable bonds is 3. The van der Waals surface area contributed by atoms with Crippen LogP contribution in [0.25, 0.3) is 0 Å². The number of nitrogens with zero attached hydrogens (tertiary/aromatic N) is 2. The Morgan fingerprint density at radius 1 is 1.67 bits per heavy atom. The molecule has 15 heavy (non-hydrogen) atoms. The van der Waals surface area contributed by atoms with E-state index in [1.165, 1.54) is 23.6 Å². The minimum atomic E-state index is 0.535. The molecule has 2 rings (SSSR count). The van der Waals surface area contributed by atoms with Crippen molar-refractivity contribution in [3.63, 3.8) is 0 Å². The summed E-state index contributed by atoms with van der Waals surface area (Å²) < 4.78 is 0. The average molecular weight is 243 g/mol. The van der Waals surface area contributed by atoms with Crippen LogP contribution in [0.2, 0.25) is 0 Å². The number of anilines is 1. The second-order valence-corrected chi connectivity index (χ2v) is 5.18. The summed E-state index contributed by atoms with van der Waals surface area (Å²) in [5.41, 5.74) is 2.35. The van der Waals surface area contributed by atoms with Gasteiger partial charge in [-0.2, -0.15) is 11.8 Å². The number of aromatic nitrogens is 1. The Morgan fingerprint density at radius 2 is 2.53 bits per heavy atom. The van der Waals surface area contributed by atoms with E-state index in [-0.39, 0.29) is 0 Å². The Bertz CT molecular complexity index is 326. The fourth-order valence-electron chi connectivity index (χ4n) is 1.89. The van der Waals surface area contributed by atoms with Crippen molar-refractivity contribution in [2.75, 3.05) is 23.5 Å². The SMILES string of the molecule is CN(c1ccncc1CCl)C1CCSC1. The van der Waals surface area contributed by atoms with Gasteiger partial charge in [0.05, 0.1) is 5.88 Å². The van der Waals surface area contributed by atoms with Gasteiger partial charge >= 0.3 is 0 Å². The molecule has 0 bridgehead atoms. The van der Waals surface area contributed by atoms with Crippen molar-refractivity contribution < 1.29 is 0 Å². The summed E-state index contributed by atoms with van der Waals surface area (Å²) >= 11 is 7.94. The van der Waals surface area contributed by atoms with Crippen molar-refractivity contribution in [3.8, 4) is 0 Å². The fraction of sp³-hybridized carbons (Fsp3) is 0.545. The Balaban J connectivity index is 2.19. The molecule has 0 aliphatic carbocycles. The van der Waals surface area contributed by atoms with E-state index in [9.17, 15) is 0 Å². The summed E-state index contributed by atoms with van der Waals surface area (Å²) in [6, 6.07) is 2.71. The molecule has 1 unspecified atom stereocenters. The van der Waals surface area contributed by atoms with Crippen LogP contribution in [0, 0.1) is 0 Å². The molecule has 1 aliphatic heterocycles.